The van der Waals surface area contributed by atoms with Gasteiger partial charge in [-0.1, -0.05) is 49.5 Å². The molecule has 0 atom stereocenters. The van der Waals surface area contributed by atoms with Gasteiger partial charge in [-0.2, -0.15) is 0 Å². The van der Waals surface area contributed by atoms with Crippen molar-refractivity contribution in [2.45, 2.75) is 59.3 Å². The summed E-state index contributed by atoms with van der Waals surface area (Å²) in [5, 5.41) is 4.18. The van der Waals surface area contributed by atoms with Crippen LogP contribution in [0.25, 0.3) is 0 Å². The van der Waals surface area contributed by atoms with E-state index >= 15 is 0 Å². The number of alkyl halides is 1. The molecule has 1 aliphatic carbocycles. The van der Waals surface area contributed by atoms with Crippen molar-refractivity contribution < 1.29 is 4.79 Å². The quantitative estimate of drug-likeness (QED) is 0.741. The molecule has 0 aromatic rings. The topological polar surface area (TPSA) is 29.1 Å². The summed E-state index contributed by atoms with van der Waals surface area (Å²) in [5.74, 6) is 0.292. The molecule has 0 spiro atoms. The van der Waals surface area contributed by atoms with Crippen molar-refractivity contribution >= 4 is 21.8 Å². The van der Waals surface area contributed by atoms with Crippen molar-refractivity contribution in [1.82, 2.24) is 5.32 Å². The SMILES string of the molecule is CCC1(C(=O)NCC(C)(C)CCBr)CCCC1. The van der Waals surface area contributed by atoms with E-state index in [9.17, 15) is 4.79 Å². The first-order chi connectivity index (χ1) is 7.96. The molecule has 0 bridgehead atoms. The number of amides is 1. The number of hydrogen-bond acceptors (Lipinski definition) is 1. The molecule has 1 rings (SSSR count). The molecule has 100 valence electrons. The van der Waals surface area contributed by atoms with Gasteiger partial charge >= 0.3 is 0 Å². The lowest BCUT2D eigenvalue weighted by molar-refractivity contribution is -0.131. The molecule has 1 fully saturated rings. The average Bonchev–Trinajstić information content (AvgIpc) is 2.75. The molecule has 0 unspecified atom stereocenters. The zero-order valence-electron chi connectivity index (χ0n) is 11.4. The van der Waals surface area contributed by atoms with Crippen molar-refractivity contribution in [3.05, 3.63) is 0 Å². The Hall–Kier alpha value is -0.0500. The molecule has 1 amide bonds. The molecule has 0 radical (unpaired) electrons. The summed E-state index contributed by atoms with van der Waals surface area (Å²) < 4.78 is 0. The standard InChI is InChI=1S/C14H26BrNO/c1-4-14(7-5-6-8-14)12(17)16-11-13(2,3)9-10-15/h4-11H2,1-3H3,(H,16,17). The molecule has 17 heavy (non-hydrogen) atoms. The van der Waals surface area contributed by atoms with E-state index in [1.54, 1.807) is 0 Å². The highest BCUT2D eigenvalue weighted by molar-refractivity contribution is 9.09. The summed E-state index contributed by atoms with van der Waals surface area (Å²) in [4.78, 5) is 12.3. The highest BCUT2D eigenvalue weighted by Crippen LogP contribution is 2.41. The molecule has 3 heteroatoms. The normalized spacial score (nSPS) is 19.3. The average molecular weight is 304 g/mol. The van der Waals surface area contributed by atoms with E-state index in [-0.39, 0.29) is 10.8 Å². The molecule has 1 aliphatic rings. The van der Waals surface area contributed by atoms with Gasteiger partial charge in [-0.3, -0.25) is 4.79 Å². The lowest BCUT2D eigenvalue weighted by Crippen LogP contribution is -2.43. The van der Waals surface area contributed by atoms with Gasteiger partial charge < -0.3 is 5.32 Å². The number of nitrogens with one attached hydrogen (secondary N) is 1. The highest BCUT2D eigenvalue weighted by Gasteiger charge is 2.39. The predicted molar refractivity (Wildman–Crippen MR) is 76.4 cm³/mol. The minimum atomic E-state index is -0.0511. The monoisotopic (exact) mass is 303 g/mol. The number of halogens is 1. The second-order valence-corrected chi connectivity index (χ2v) is 6.92. The molecular formula is C14H26BrNO. The molecule has 1 N–H and O–H groups in total. The van der Waals surface area contributed by atoms with Gasteiger partial charge in [0.25, 0.3) is 0 Å². The van der Waals surface area contributed by atoms with E-state index in [0.717, 1.165) is 37.6 Å². The van der Waals surface area contributed by atoms with Crippen LogP contribution in [0.3, 0.4) is 0 Å². The Balaban J connectivity index is 2.48. The van der Waals surface area contributed by atoms with Gasteiger partial charge in [-0.15, -0.1) is 0 Å². The maximum atomic E-state index is 12.3. The van der Waals surface area contributed by atoms with E-state index in [1.165, 1.54) is 12.8 Å². The van der Waals surface area contributed by atoms with Crippen LogP contribution in [-0.4, -0.2) is 17.8 Å². The van der Waals surface area contributed by atoms with Gasteiger partial charge in [0, 0.05) is 17.3 Å². The zero-order valence-corrected chi connectivity index (χ0v) is 13.0. The number of rotatable bonds is 6. The Morgan fingerprint density at radius 2 is 1.94 bits per heavy atom. The van der Waals surface area contributed by atoms with Gasteiger partial charge in [0.15, 0.2) is 0 Å². The molecule has 0 heterocycles. The van der Waals surface area contributed by atoms with Gasteiger partial charge in [0.2, 0.25) is 5.91 Å². The minimum absolute atomic E-state index is 0.0511. The van der Waals surface area contributed by atoms with Crippen LogP contribution < -0.4 is 5.32 Å². The molecule has 0 aliphatic heterocycles. The van der Waals surface area contributed by atoms with Gasteiger partial charge in [0.1, 0.15) is 0 Å². The first kappa shape index (κ1) is 15.0. The minimum Gasteiger partial charge on any atom is -0.355 e. The van der Waals surface area contributed by atoms with Crippen LogP contribution in [0.5, 0.6) is 0 Å². The smallest absolute Gasteiger partial charge is 0.226 e. The first-order valence-electron chi connectivity index (χ1n) is 6.80. The molecule has 0 aromatic carbocycles. The lowest BCUT2D eigenvalue weighted by atomic mass is 9.81. The largest absolute Gasteiger partial charge is 0.355 e. The summed E-state index contributed by atoms with van der Waals surface area (Å²) in [7, 11) is 0. The molecular weight excluding hydrogens is 278 g/mol. The predicted octanol–water partition coefficient (Wildman–Crippen LogP) is 3.88. The Labute approximate surface area is 114 Å². The van der Waals surface area contributed by atoms with Crippen LogP contribution in [0.2, 0.25) is 0 Å². The molecule has 1 saturated carbocycles. The van der Waals surface area contributed by atoms with E-state index < -0.39 is 0 Å². The maximum Gasteiger partial charge on any atom is 0.226 e. The first-order valence-corrected chi connectivity index (χ1v) is 7.92. The van der Waals surface area contributed by atoms with E-state index in [4.69, 9.17) is 0 Å². The Morgan fingerprint density at radius 1 is 1.35 bits per heavy atom. The van der Waals surface area contributed by atoms with Gasteiger partial charge in [-0.25, -0.2) is 0 Å². The van der Waals surface area contributed by atoms with Gasteiger partial charge in [-0.05, 0) is 31.1 Å². The van der Waals surface area contributed by atoms with Crippen LogP contribution >= 0.6 is 15.9 Å². The van der Waals surface area contributed by atoms with Crippen LogP contribution in [0.4, 0.5) is 0 Å². The summed E-state index contributed by atoms with van der Waals surface area (Å²) in [5.41, 5.74) is 0.136. The highest BCUT2D eigenvalue weighted by atomic mass is 79.9. The second-order valence-electron chi connectivity index (χ2n) is 6.13. The Kier molecular flexibility index (Phi) is 5.49. The lowest BCUT2D eigenvalue weighted by Gasteiger charge is -2.30. The van der Waals surface area contributed by atoms with Crippen molar-refractivity contribution in [3.8, 4) is 0 Å². The third-order valence-electron chi connectivity index (χ3n) is 4.22. The van der Waals surface area contributed by atoms with Crippen LogP contribution in [0.15, 0.2) is 0 Å². The Morgan fingerprint density at radius 3 is 2.41 bits per heavy atom. The molecule has 2 nitrogen and oxygen atoms in total. The summed E-state index contributed by atoms with van der Waals surface area (Å²) in [6, 6.07) is 0. The van der Waals surface area contributed by atoms with Gasteiger partial charge in [0.05, 0.1) is 0 Å². The number of hydrogen-bond donors (Lipinski definition) is 1. The van der Waals surface area contributed by atoms with Crippen molar-refractivity contribution in [1.29, 1.82) is 0 Å². The Bertz CT molecular complexity index is 257. The fourth-order valence-corrected chi connectivity index (χ4v) is 3.72. The van der Waals surface area contributed by atoms with E-state index in [2.05, 4.69) is 42.0 Å². The summed E-state index contributed by atoms with van der Waals surface area (Å²) >= 11 is 3.47. The van der Waals surface area contributed by atoms with Crippen LogP contribution in [0.1, 0.15) is 59.3 Å². The van der Waals surface area contributed by atoms with Crippen LogP contribution in [0, 0.1) is 10.8 Å². The molecule has 0 aromatic heterocycles. The summed E-state index contributed by atoms with van der Waals surface area (Å²) in [6.07, 6.45) is 6.66. The number of carbonyl (C=O) groups excluding carboxylic acids is 1. The number of carbonyl (C=O) groups is 1. The van der Waals surface area contributed by atoms with E-state index in [1.807, 2.05) is 0 Å². The molecule has 0 saturated heterocycles. The maximum absolute atomic E-state index is 12.3. The zero-order chi connectivity index (χ0) is 12.9. The third-order valence-corrected chi connectivity index (χ3v) is 4.61. The fraction of sp³-hybridized carbons (Fsp3) is 0.929. The fourth-order valence-electron chi connectivity index (χ4n) is 2.64. The van der Waals surface area contributed by atoms with Crippen LogP contribution in [-0.2, 0) is 4.79 Å². The van der Waals surface area contributed by atoms with Crippen molar-refractivity contribution in [2.75, 3.05) is 11.9 Å². The van der Waals surface area contributed by atoms with Crippen molar-refractivity contribution in [3.63, 3.8) is 0 Å². The third kappa shape index (κ3) is 3.97. The second kappa shape index (κ2) is 6.21. The summed E-state index contributed by atoms with van der Waals surface area (Å²) in [6.45, 7) is 7.36. The van der Waals surface area contributed by atoms with Crippen molar-refractivity contribution in [2.24, 2.45) is 10.8 Å². The van der Waals surface area contributed by atoms with E-state index in [0.29, 0.717) is 5.91 Å².